The number of hydrogen-bond donors (Lipinski definition) is 2. The zero-order valence-electron chi connectivity index (χ0n) is 22.0. The average molecular weight is 559 g/mol. The lowest BCUT2D eigenvalue weighted by atomic mass is 9.87. The van der Waals surface area contributed by atoms with E-state index in [4.69, 9.17) is 29.5 Å². The van der Waals surface area contributed by atoms with E-state index in [-0.39, 0.29) is 23.5 Å². The number of carbonyl (C=O) groups excluding carboxylic acids is 2. The number of thiophene rings is 1. The largest absolute Gasteiger partial charge is 0.484 e. The topological polar surface area (TPSA) is 118 Å². The van der Waals surface area contributed by atoms with E-state index in [0.29, 0.717) is 38.6 Å². The fourth-order valence-corrected chi connectivity index (χ4v) is 5.43. The van der Waals surface area contributed by atoms with Crippen LogP contribution in [-0.4, -0.2) is 58.8 Å². The molecule has 2 N–H and O–H groups in total. The molecule has 1 aliphatic carbocycles. The summed E-state index contributed by atoms with van der Waals surface area (Å²) in [5.41, 5.74) is 0. The second kappa shape index (κ2) is 13.7. The Balaban J connectivity index is 1.27. The fourth-order valence-electron chi connectivity index (χ4n) is 4.64. The van der Waals surface area contributed by atoms with Gasteiger partial charge in [0.25, 0.3) is 0 Å². The van der Waals surface area contributed by atoms with Crippen LogP contribution in [0.2, 0.25) is 0 Å². The summed E-state index contributed by atoms with van der Waals surface area (Å²) in [6.45, 7) is 1.87. The molecule has 0 bridgehead atoms. The molecule has 0 aliphatic heterocycles. The van der Waals surface area contributed by atoms with Crippen LogP contribution in [-0.2, 0) is 19.1 Å². The maximum atomic E-state index is 12.7. The molecule has 0 radical (unpaired) electrons. The third kappa shape index (κ3) is 8.13. The van der Waals surface area contributed by atoms with E-state index < -0.39 is 18.4 Å². The monoisotopic (exact) mass is 558 g/mol. The molecule has 1 heterocycles. The van der Waals surface area contributed by atoms with Crippen LogP contribution < -0.4 is 4.74 Å². The quantitative estimate of drug-likeness (QED) is 0.167. The molecule has 1 unspecified atom stereocenters. The number of nitrogens with zero attached hydrogens (tertiary/aromatic N) is 2. The smallest absolute Gasteiger partial charge is 0.412 e. The van der Waals surface area contributed by atoms with Gasteiger partial charge < -0.3 is 19.1 Å². The maximum absolute atomic E-state index is 12.7. The number of esters is 1. The van der Waals surface area contributed by atoms with Gasteiger partial charge in [-0.3, -0.25) is 15.2 Å². The van der Waals surface area contributed by atoms with Gasteiger partial charge in [-0.25, -0.2) is 9.63 Å². The lowest BCUT2D eigenvalue weighted by molar-refractivity contribution is -0.506. The zero-order chi connectivity index (χ0) is 27.8. The normalized spacial score (nSPS) is 18.9. The summed E-state index contributed by atoms with van der Waals surface area (Å²) in [6.07, 6.45) is 0.131. The van der Waals surface area contributed by atoms with Crippen molar-refractivity contribution in [3.05, 3.63) is 64.9 Å². The van der Waals surface area contributed by atoms with Crippen LogP contribution in [0.1, 0.15) is 50.0 Å². The van der Waals surface area contributed by atoms with Gasteiger partial charge in [-0.15, -0.1) is 11.3 Å². The van der Waals surface area contributed by atoms with Crippen molar-refractivity contribution in [2.45, 2.75) is 57.5 Å². The van der Waals surface area contributed by atoms with Crippen molar-refractivity contribution in [1.29, 1.82) is 0 Å². The number of rotatable bonds is 11. The van der Waals surface area contributed by atoms with Crippen LogP contribution in [0.5, 0.6) is 5.75 Å². The minimum absolute atomic E-state index is 0.260. The highest BCUT2D eigenvalue weighted by atomic mass is 32.1. The molecular formula is C28H34N2O8S. The molecule has 2 atom stereocenters. The van der Waals surface area contributed by atoms with Gasteiger partial charge in [0.05, 0.1) is 17.4 Å². The molecule has 0 spiro atoms. The molecule has 1 amide bonds. The third-order valence-corrected chi connectivity index (χ3v) is 7.68. The molecule has 4 rings (SSSR count). The molecule has 2 aromatic carbocycles. The molecule has 1 aliphatic rings. The van der Waals surface area contributed by atoms with Gasteiger partial charge in [0.2, 0.25) is 6.29 Å². The highest BCUT2D eigenvalue weighted by molar-refractivity contribution is 7.10. The summed E-state index contributed by atoms with van der Waals surface area (Å²) < 4.78 is 17.2. The van der Waals surface area contributed by atoms with Gasteiger partial charge >= 0.3 is 12.1 Å². The van der Waals surface area contributed by atoms with E-state index in [0.717, 1.165) is 21.4 Å². The summed E-state index contributed by atoms with van der Waals surface area (Å²) >= 11 is 1.60. The van der Waals surface area contributed by atoms with Gasteiger partial charge in [-0.05, 0) is 48.6 Å². The summed E-state index contributed by atoms with van der Waals surface area (Å²) in [4.78, 5) is 32.5. The maximum Gasteiger partial charge on any atom is 0.412 e. The molecule has 1 saturated carbocycles. The SMILES string of the molecule is CC(OC(=O)C1CCC(ON(O)O)CC1)OC(=O)N(C)CC[C@H](Oc1cccc2ccccc12)c1cccs1. The van der Waals surface area contributed by atoms with Crippen molar-refractivity contribution < 1.29 is 39.1 Å². The first kappa shape index (κ1) is 28.8. The van der Waals surface area contributed by atoms with Gasteiger partial charge in [-0.2, -0.15) is 0 Å². The molecule has 1 fully saturated rings. The highest BCUT2D eigenvalue weighted by Gasteiger charge is 2.30. The van der Waals surface area contributed by atoms with Crippen molar-refractivity contribution in [1.82, 2.24) is 10.3 Å². The third-order valence-electron chi connectivity index (χ3n) is 6.72. The highest BCUT2D eigenvalue weighted by Crippen LogP contribution is 2.33. The number of benzene rings is 2. The lowest BCUT2D eigenvalue weighted by Gasteiger charge is -2.28. The molecular weight excluding hydrogens is 524 g/mol. The van der Waals surface area contributed by atoms with Crippen molar-refractivity contribution in [2.75, 3.05) is 13.6 Å². The standard InChI is InChI=1S/C28H34N2O8S/c1-19(35-27(31)21-12-14-22(15-13-21)38-30(33)34)36-28(32)29(2)17-16-25(26-11-6-18-39-26)37-24-10-5-8-20-7-3-4-9-23(20)24/h3-11,18-19,21-22,25,33-34H,12-17H2,1-2H3/t19?,21?,22?,25-/m0/s1. The number of ether oxygens (including phenoxy) is 3. The zero-order valence-corrected chi connectivity index (χ0v) is 22.8. The van der Waals surface area contributed by atoms with Crippen molar-refractivity contribution >= 4 is 34.2 Å². The number of fused-ring (bicyclic) bond motifs is 1. The van der Waals surface area contributed by atoms with E-state index in [1.807, 2.05) is 60.0 Å². The van der Waals surface area contributed by atoms with Crippen LogP contribution in [0, 0.1) is 5.92 Å². The van der Waals surface area contributed by atoms with Gasteiger partial charge in [0.1, 0.15) is 11.9 Å². The van der Waals surface area contributed by atoms with Crippen LogP contribution in [0.3, 0.4) is 0 Å². The Morgan fingerprint density at radius 1 is 1.00 bits per heavy atom. The molecule has 1 aromatic heterocycles. The van der Waals surface area contributed by atoms with Crippen molar-refractivity contribution in [3.8, 4) is 5.75 Å². The summed E-state index contributed by atoms with van der Waals surface area (Å²) in [5, 5.41) is 21.3. The minimum atomic E-state index is -1.05. The molecule has 210 valence electrons. The van der Waals surface area contributed by atoms with E-state index in [1.54, 1.807) is 18.4 Å². The summed E-state index contributed by atoms with van der Waals surface area (Å²) in [7, 11) is 1.63. The second-order valence-corrected chi connectivity index (χ2v) is 10.5. The van der Waals surface area contributed by atoms with E-state index in [2.05, 4.69) is 0 Å². The molecule has 11 heteroatoms. The Labute approximate surface area is 231 Å². The predicted molar refractivity (Wildman–Crippen MR) is 143 cm³/mol. The summed E-state index contributed by atoms with van der Waals surface area (Å²) in [5.74, 6) is -0.0438. The molecule has 3 aromatic rings. The Hall–Kier alpha value is -3.22. The molecule has 39 heavy (non-hydrogen) atoms. The molecule has 10 nitrogen and oxygen atoms in total. The Morgan fingerprint density at radius 2 is 1.74 bits per heavy atom. The Morgan fingerprint density at radius 3 is 2.46 bits per heavy atom. The first-order chi connectivity index (χ1) is 18.8. The fraction of sp³-hybridized carbons (Fsp3) is 0.429. The average Bonchev–Trinajstić information content (AvgIpc) is 3.46. The predicted octanol–water partition coefficient (Wildman–Crippen LogP) is 5.94. The first-order valence-corrected chi connectivity index (χ1v) is 13.8. The Bertz CT molecular complexity index is 1210. The van der Waals surface area contributed by atoms with Gasteiger partial charge in [0.15, 0.2) is 0 Å². The second-order valence-electron chi connectivity index (χ2n) is 9.53. The van der Waals surface area contributed by atoms with Crippen LogP contribution >= 0.6 is 11.3 Å². The number of amides is 1. The summed E-state index contributed by atoms with van der Waals surface area (Å²) in [6, 6.07) is 18.0. The Kier molecular flexibility index (Phi) is 10.1. The van der Waals surface area contributed by atoms with Crippen molar-refractivity contribution in [3.63, 3.8) is 0 Å². The van der Waals surface area contributed by atoms with Crippen molar-refractivity contribution in [2.24, 2.45) is 5.92 Å². The molecule has 0 saturated heterocycles. The van der Waals surface area contributed by atoms with Crippen LogP contribution in [0.25, 0.3) is 10.8 Å². The van der Waals surface area contributed by atoms with Crippen LogP contribution in [0.4, 0.5) is 4.79 Å². The van der Waals surface area contributed by atoms with Gasteiger partial charge in [-0.1, -0.05) is 42.5 Å². The minimum Gasteiger partial charge on any atom is -0.484 e. The van der Waals surface area contributed by atoms with E-state index >= 15 is 0 Å². The van der Waals surface area contributed by atoms with E-state index in [1.165, 1.54) is 11.8 Å². The first-order valence-electron chi connectivity index (χ1n) is 12.9. The van der Waals surface area contributed by atoms with E-state index in [9.17, 15) is 9.59 Å². The number of hydrogen-bond acceptors (Lipinski definition) is 10. The number of carbonyl (C=O) groups is 2. The van der Waals surface area contributed by atoms with Crippen LogP contribution in [0.15, 0.2) is 60.0 Å². The lowest BCUT2D eigenvalue weighted by Crippen LogP contribution is -2.35. The van der Waals surface area contributed by atoms with Gasteiger partial charge in [0, 0.05) is 37.2 Å².